The number of likely N-dealkylation sites (tertiary alicyclic amines) is 1. The minimum absolute atomic E-state index is 0.0505. The van der Waals surface area contributed by atoms with Gasteiger partial charge in [0.15, 0.2) is 11.5 Å². The highest BCUT2D eigenvalue weighted by Gasteiger charge is 2.28. The van der Waals surface area contributed by atoms with Crippen molar-refractivity contribution in [1.29, 1.82) is 0 Å². The minimum atomic E-state index is 0.0505. The first-order chi connectivity index (χ1) is 14.2. The summed E-state index contributed by atoms with van der Waals surface area (Å²) in [5.41, 5.74) is 0.759. The van der Waals surface area contributed by atoms with E-state index in [9.17, 15) is 4.79 Å². The summed E-state index contributed by atoms with van der Waals surface area (Å²) in [6.07, 6.45) is 8.56. The number of methoxy groups -OCH3 is 1. The molecule has 0 radical (unpaired) electrons. The molecule has 1 aliphatic heterocycles. The molecule has 0 saturated carbocycles. The molecule has 1 aliphatic rings. The molecular formula is C21H23N5O3. The fraction of sp³-hybridized carbons (Fsp3) is 0.333. The lowest BCUT2D eigenvalue weighted by Crippen LogP contribution is -2.41. The van der Waals surface area contributed by atoms with Gasteiger partial charge in [-0.1, -0.05) is 12.1 Å². The van der Waals surface area contributed by atoms with Crippen LogP contribution in [0, 0.1) is 0 Å². The van der Waals surface area contributed by atoms with Crippen molar-refractivity contribution in [2.45, 2.75) is 25.3 Å². The molecule has 1 fully saturated rings. The van der Waals surface area contributed by atoms with E-state index in [1.165, 1.54) is 0 Å². The average molecular weight is 393 g/mol. The number of carbonyl (C=O) groups is 1. The summed E-state index contributed by atoms with van der Waals surface area (Å²) < 4.78 is 13.1. The van der Waals surface area contributed by atoms with Crippen molar-refractivity contribution in [3.05, 3.63) is 60.8 Å². The Kier molecular flexibility index (Phi) is 5.69. The number of rotatable bonds is 6. The molecule has 1 saturated heterocycles. The number of para-hydroxylation sites is 2. The van der Waals surface area contributed by atoms with Crippen LogP contribution in [-0.2, 0) is 11.3 Å². The fourth-order valence-electron chi connectivity index (χ4n) is 3.56. The highest BCUT2D eigenvalue weighted by molar-refractivity contribution is 5.76. The van der Waals surface area contributed by atoms with Gasteiger partial charge in [0.1, 0.15) is 12.2 Å². The molecule has 0 N–H and O–H groups in total. The number of ether oxygens (including phenoxy) is 2. The Morgan fingerprint density at radius 1 is 1.14 bits per heavy atom. The molecule has 3 aromatic rings. The molecule has 1 atom stereocenters. The van der Waals surface area contributed by atoms with Gasteiger partial charge in [0, 0.05) is 43.8 Å². The first-order valence-electron chi connectivity index (χ1n) is 9.61. The summed E-state index contributed by atoms with van der Waals surface area (Å²) >= 11 is 0. The lowest BCUT2D eigenvalue weighted by molar-refractivity contribution is -0.133. The maximum absolute atomic E-state index is 12.7. The van der Waals surface area contributed by atoms with E-state index in [1.807, 2.05) is 35.2 Å². The van der Waals surface area contributed by atoms with Gasteiger partial charge in [0.05, 0.1) is 7.11 Å². The second-order valence-corrected chi connectivity index (χ2v) is 6.88. The summed E-state index contributed by atoms with van der Waals surface area (Å²) in [4.78, 5) is 23.5. The molecule has 8 nitrogen and oxygen atoms in total. The van der Waals surface area contributed by atoms with Crippen molar-refractivity contribution in [3.8, 4) is 17.4 Å². The Morgan fingerprint density at radius 2 is 1.97 bits per heavy atom. The van der Waals surface area contributed by atoms with Crippen LogP contribution in [0.15, 0.2) is 55.1 Å². The second-order valence-electron chi connectivity index (χ2n) is 6.88. The standard InChI is InChI=1S/C21H23N5O3/c1-28-17-7-2-3-8-18(17)29-21-20(22-10-11-23-21)16-6-4-12-25(14-16)19(27)15-26-13-5-9-24-26/h2-3,5,7-11,13,16H,4,6,12,14-15H2,1H3/t16-/m1/s1. The second kappa shape index (κ2) is 8.72. The smallest absolute Gasteiger partial charge is 0.244 e. The molecule has 29 heavy (non-hydrogen) atoms. The van der Waals surface area contributed by atoms with E-state index in [2.05, 4.69) is 15.1 Å². The summed E-state index contributed by atoms with van der Waals surface area (Å²) in [7, 11) is 1.60. The predicted molar refractivity (Wildman–Crippen MR) is 106 cm³/mol. The number of benzene rings is 1. The van der Waals surface area contributed by atoms with Gasteiger partial charge in [-0.25, -0.2) is 4.98 Å². The van der Waals surface area contributed by atoms with Crippen LogP contribution in [0.25, 0.3) is 0 Å². The van der Waals surface area contributed by atoms with Crippen molar-refractivity contribution in [1.82, 2.24) is 24.6 Å². The van der Waals surface area contributed by atoms with Crippen molar-refractivity contribution in [2.75, 3.05) is 20.2 Å². The van der Waals surface area contributed by atoms with Crippen LogP contribution in [0.4, 0.5) is 0 Å². The zero-order chi connectivity index (χ0) is 20.1. The maximum atomic E-state index is 12.7. The highest BCUT2D eigenvalue weighted by Crippen LogP contribution is 2.35. The first-order valence-corrected chi connectivity index (χ1v) is 9.61. The molecule has 0 aliphatic carbocycles. The minimum Gasteiger partial charge on any atom is -0.493 e. The van der Waals surface area contributed by atoms with Crippen LogP contribution in [-0.4, -0.2) is 50.8 Å². The van der Waals surface area contributed by atoms with Gasteiger partial charge in [-0.05, 0) is 31.0 Å². The van der Waals surface area contributed by atoms with E-state index in [0.717, 1.165) is 25.1 Å². The molecule has 0 spiro atoms. The molecule has 4 rings (SSSR count). The van der Waals surface area contributed by atoms with Gasteiger partial charge >= 0.3 is 0 Å². The third kappa shape index (κ3) is 4.37. The largest absolute Gasteiger partial charge is 0.493 e. The maximum Gasteiger partial charge on any atom is 0.244 e. The first kappa shape index (κ1) is 18.9. The molecule has 2 aromatic heterocycles. The number of amides is 1. The Balaban J connectivity index is 1.51. The van der Waals surface area contributed by atoms with Crippen LogP contribution in [0.2, 0.25) is 0 Å². The van der Waals surface area contributed by atoms with Gasteiger partial charge in [0.2, 0.25) is 11.8 Å². The molecule has 1 aromatic carbocycles. The van der Waals surface area contributed by atoms with Gasteiger partial charge in [0.25, 0.3) is 0 Å². The molecule has 1 amide bonds. The van der Waals surface area contributed by atoms with Crippen LogP contribution >= 0.6 is 0 Å². The third-order valence-corrected chi connectivity index (χ3v) is 4.98. The monoisotopic (exact) mass is 393 g/mol. The Labute approximate surface area is 169 Å². The predicted octanol–water partition coefficient (Wildman–Crippen LogP) is 2.88. The van der Waals surface area contributed by atoms with Crippen molar-refractivity contribution in [3.63, 3.8) is 0 Å². The number of hydrogen-bond acceptors (Lipinski definition) is 6. The van der Waals surface area contributed by atoms with Gasteiger partial charge < -0.3 is 14.4 Å². The Morgan fingerprint density at radius 3 is 2.76 bits per heavy atom. The number of piperidine rings is 1. The van der Waals surface area contributed by atoms with Crippen LogP contribution in [0.5, 0.6) is 17.4 Å². The van der Waals surface area contributed by atoms with E-state index in [0.29, 0.717) is 23.9 Å². The van der Waals surface area contributed by atoms with E-state index >= 15 is 0 Å². The lowest BCUT2D eigenvalue weighted by Gasteiger charge is -2.32. The highest BCUT2D eigenvalue weighted by atomic mass is 16.5. The van der Waals surface area contributed by atoms with Crippen molar-refractivity contribution < 1.29 is 14.3 Å². The molecule has 150 valence electrons. The normalized spacial score (nSPS) is 16.4. The topological polar surface area (TPSA) is 82.4 Å². The van der Waals surface area contributed by atoms with Crippen molar-refractivity contribution in [2.24, 2.45) is 0 Å². The number of carbonyl (C=O) groups excluding carboxylic acids is 1. The number of aromatic nitrogens is 4. The quantitative estimate of drug-likeness (QED) is 0.640. The Hall–Kier alpha value is -3.42. The van der Waals surface area contributed by atoms with Crippen LogP contribution in [0.3, 0.4) is 0 Å². The fourth-order valence-corrected chi connectivity index (χ4v) is 3.56. The summed E-state index contributed by atoms with van der Waals surface area (Å²) in [5.74, 6) is 1.77. The number of nitrogens with zero attached hydrogens (tertiary/aromatic N) is 5. The zero-order valence-corrected chi connectivity index (χ0v) is 16.3. The molecule has 3 heterocycles. The number of hydrogen-bond donors (Lipinski definition) is 0. The summed E-state index contributed by atoms with van der Waals surface area (Å²) in [6, 6.07) is 9.24. The SMILES string of the molecule is COc1ccccc1Oc1nccnc1[C@@H]1CCCN(C(=O)Cn2cccn2)C1. The lowest BCUT2D eigenvalue weighted by atomic mass is 9.94. The van der Waals surface area contributed by atoms with Crippen LogP contribution in [0.1, 0.15) is 24.5 Å². The third-order valence-electron chi connectivity index (χ3n) is 4.98. The van der Waals surface area contributed by atoms with E-state index in [4.69, 9.17) is 9.47 Å². The van der Waals surface area contributed by atoms with E-state index in [-0.39, 0.29) is 18.4 Å². The summed E-state index contributed by atoms with van der Waals surface area (Å²) in [5, 5.41) is 4.12. The van der Waals surface area contributed by atoms with Gasteiger partial charge in [-0.2, -0.15) is 5.10 Å². The molecular weight excluding hydrogens is 370 g/mol. The zero-order valence-electron chi connectivity index (χ0n) is 16.3. The molecule has 0 bridgehead atoms. The van der Waals surface area contributed by atoms with Gasteiger partial charge in [-0.3, -0.25) is 14.5 Å². The van der Waals surface area contributed by atoms with Crippen LogP contribution < -0.4 is 9.47 Å². The molecule has 0 unspecified atom stereocenters. The Bertz CT molecular complexity index is 960. The summed E-state index contributed by atoms with van der Waals surface area (Å²) in [6.45, 7) is 1.56. The van der Waals surface area contributed by atoms with E-state index in [1.54, 1.807) is 36.6 Å². The average Bonchev–Trinajstić information content (AvgIpc) is 3.28. The van der Waals surface area contributed by atoms with Gasteiger partial charge in [-0.15, -0.1) is 0 Å². The van der Waals surface area contributed by atoms with Crippen molar-refractivity contribution >= 4 is 5.91 Å². The van der Waals surface area contributed by atoms with E-state index < -0.39 is 0 Å². The molecule has 8 heteroatoms.